The van der Waals surface area contributed by atoms with Crippen molar-refractivity contribution in [3.05, 3.63) is 46.3 Å². The third-order valence-corrected chi connectivity index (χ3v) is 4.29. The topological polar surface area (TPSA) is 15.3 Å². The first kappa shape index (κ1) is 15.5. The average Bonchev–Trinajstić information content (AvgIpc) is 2.43. The molecule has 0 radical (unpaired) electrons. The first-order chi connectivity index (χ1) is 9.50. The van der Waals surface area contributed by atoms with Crippen LogP contribution < -0.4 is 5.32 Å². The van der Waals surface area contributed by atoms with Crippen LogP contribution in [0.2, 0.25) is 5.02 Å². The summed E-state index contributed by atoms with van der Waals surface area (Å²) in [6.07, 6.45) is 0.736. The van der Waals surface area contributed by atoms with Gasteiger partial charge in [0.05, 0.1) is 5.02 Å². The van der Waals surface area contributed by atoms with Crippen LogP contribution in [0.5, 0.6) is 0 Å². The van der Waals surface area contributed by atoms with Crippen molar-refractivity contribution in [1.29, 1.82) is 0 Å². The standard InChI is InChI=1S/C16H22ClFN2/c1-11(2)10-14(20-8-6-19-7-9-20)15-13(18)5-4-12(3)16(15)17/h4-5,14,19H,1,6-10H2,2-3H3/t14-/m1/s1. The van der Waals surface area contributed by atoms with Gasteiger partial charge in [-0.1, -0.05) is 23.2 Å². The highest BCUT2D eigenvalue weighted by Gasteiger charge is 2.27. The average molecular weight is 297 g/mol. The quantitative estimate of drug-likeness (QED) is 0.852. The molecular formula is C16H22ClFN2. The van der Waals surface area contributed by atoms with E-state index in [1.807, 2.05) is 13.8 Å². The molecule has 0 unspecified atom stereocenters. The van der Waals surface area contributed by atoms with E-state index in [0.717, 1.165) is 43.7 Å². The van der Waals surface area contributed by atoms with E-state index >= 15 is 0 Å². The molecule has 1 aromatic carbocycles. The van der Waals surface area contributed by atoms with Crippen molar-refractivity contribution in [1.82, 2.24) is 10.2 Å². The van der Waals surface area contributed by atoms with Gasteiger partial charge in [-0.15, -0.1) is 6.58 Å². The molecular weight excluding hydrogens is 275 g/mol. The molecule has 1 aliphatic rings. The summed E-state index contributed by atoms with van der Waals surface area (Å²) < 4.78 is 14.3. The van der Waals surface area contributed by atoms with E-state index in [9.17, 15) is 4.39 Å². The number of nitrogens with one attached hydrogen (secondary N) is 1. The van der Waals surface area contributed by atoms with E-state index in [4.69, 9.17) is 11.6 Å². The van der Waals surface area contributed by atoms with Crippen LogP contribution in [0, 0.1) is 12.7 Å². The molecule has 4 heteroatoms. The zero-order valence-corrected chi connectivity index (χ0v) is 12.9. The Balaban J connectivity index is 2.40. The van der Waals surface area contributed by atoms with E-state index in [1.165, 1.54) is 6.07 Å². The summed E-state index contributed by atoms with van der Waals surface area (Å²) in [5, 5.41) is 3.87. The fourth-order valence-corrected chi connectivity index (χ4v) is 3.00. The van der Waals surface area contributed by atoms with Crippen LogP contribution in [0.1, 0.15) is 30.5 Å². The molecule has 0 bridgehead atoms. The van der Waals surface area contributed by atoms with Gasteiger partial charge in [0.1, 0.15) is 5.82 Å². The second kappa shape index (κ2) is 6.70. The van der Waals surface area contributed by atoms with Crippen LogP contribution in [0.3, 0.4) is 0 Å². The zero-order valence-electron chi connectivity index (χ0n) is 12.2. The van der Waals surface area contributed by atoms with Crippen molar-refractivity contribution < 1.29 is 4.39 Å². The molecule has 1 atom stereocenters. The normalized spacial score (nSPS) is 18.0. The van der Waals surface area contributed by atoms with Crippen molar-refractivity contribution in [2.75, 3.05) is 26.2 Å². The Labute approximate surface area is 125 Å². The second-order valence-corrected chi connectivity index (χ2v) is 5.93. The molecule has 1 saturated heterocycles. The van der Waals surface area contributed by atoms with Crippen LogP contribution in [0.15, 0.2) is 24.3 Å². The number of hydrogen-bond acceptors (Lipinski definition) is 2. The molecule has 1 fully saturated rings. The SMILES string of the molecule is C=C(C)C[C@H](c1c(F)ccc(C)c1Cl)N1CCNCC1. The van der Waals surface area contributed by atoms with Gasteiger partial charge in [0, 0.05) is 37.8 Å². The second-order valence-electron chi connectivity index (χ2n) is 5.55. The van der Waals surface area contributed by atoms with Gasteiger partial charge >= 0.3 is 0 Å². The minimum atomic E-state index is -0.217. The monoisotopic (exact) mass is 296 g/mol. The first-order valence-electron chi connectivity index (χ1n) is 7.04. The molecule has 0 spiro atoms. The smallest absolute Gasteiger partial charge is 0.129 e. The van der Waals surface area contributed by atoms with E-state index < -0.39 is 0 Å². The molecule has 0 saturated carbocycles. The Morgan fingerprint density at radius 2 is 2.10 bits per heavy atom. The summed E-state index contributed by atoms with van der Waals surface area (Å²) in [5.41, 5.74) is 2.59. The van der Waals surface area contributed by atoms with Crippen molar-refractivity contribution in [3.63, 3.8) is 0 Å². The lowest BCUT2D eigenvalue weighted by Gasteiger charge is -2.36. The van der Waals surface area contributed by atoms with E-state index in [0.29, 0.717) is 10.6 Å². The minimum Gasteiger partial charge on any atom is -0.314 e. The zero-order chi connectivity index (χ0) is 14.7. The highest BCUT2D eigenvalue weighted by atomic mass is 35.5. The van der Waals surface area contributed by atoms with Gasteiger partial charge in [0.2, 0.25) is 0 Å². The Bertz CT molecular complexity index is 495. The number of nitrogens with zero attached hydrogens (tertiary/aromatic N) is 1. The Morgan fingerprint density at radius 3 is 2.70 bits per heavy atom. The number of aryl methyl sites for hydroxylation is 1. The summed E-state index contributed by atoms with van der Waals surface area (Å²) in [6.45, 7) is 11.6. The number of rotatable bonds is 4. The van der Waals surface area contributed by atoms with Gasteiger partial charge in [0.25, 0.3) is 0 Å². The molecule has 0 aliphatic carbocycles. The fourth-order valence-electron chi connectivity index (χ4n) is 2.72. The fraction of sp³-hybridized carbons (Fsp3) is 0.500. The molecule has 1 heterocycles. The Morgan fingerprint density at radius 1 is 1.45 bits per heavy atom. The van der Waals surface area contributed by atoms with Crippen LogP contribution >= 0.6 is 11.6 Å². The van der Waals surface area contributed by atoms with Gasteiger partial charge < -0.3 is 5.32 Å². The van der Waals surface area contributed by atoms with Crippen LogP contribution in [0.25, 0.3) is 0 Å². The largest absolute Gasteiger partial charge is 0.314 e. The first-order valence-corrected chi connectivity index (χ1v) is 7.42. The highest BCUT2D eigenvalue weighted by molar-refractivity contribution is 6.32. The lowest BCUT2D eigenvalue weighted by atomic mass is 9.96. The van der Waals surface area contributed by atoms with Crippen molar-refractivity contribution in [2.45, 2.75) is 26.3 Å². The number of hydrogen-bond donors (Lipinski definition) is 1. The molecule has 1 aromatic rings. The molecule has 0 amide bonds. The predicted octanol–water partition coefficient (Wildman–Crippen LogP) is 3.70. The third-order valence-electron chi connectivity index (χ3n) is 3.79. The Hall–Kier alpha value is -0.900. The maximum atomic E-state index is 14.3. The summed E-state index contributed by atoms with van der Waals surface area (Å²) in [4.78, 5) is 2.30. The molecule has 110 valence electrons. The summed E-state index contributed by atoms with van der Waals surface area (Å²) in [5.74, 6) is -0.217. The van der Waals surface area contributed by atoms with Crippen molar-refractivity contribution in [3.8, 4) is 0 Å². The molecule has 2 nitrogen and oxygen atoms in total. The summed E-state index contributed by atoms with van der Waals surface area (Å²) in [7, 11) is 0. The highest BCUT2D eigenvalue weighted by Crippen LogP contribution is 2.36. The lowest BCUT2D eigenvalue weighted by Crippen LogP contribution is -2.45. The van der Waals surface area contributed by atoms with E-state index in [-0.39, 0.29) is 11.9 Å². The maximum absolute atomic E-state index is 14.3. The molecule has 20 heavy (non-hydrogen) atoms. The minimum absolute atomic E-state index is 0.0259. The van der Waals surface area contributed by atoms with E-state index in [1.54, 1.807) is 6.07 Å². The van der Waals surface area contributed by atoms with Gasteiger partial charge in [-0.3, -0.25) is 4.90 Å². The molecule has 1 N–H and O–H groups in total. The van der Waals surface area contributed by atoms with Gasteiger partial charge in [0.15, 0.2) is 0 Å². The lowest BCUT2D eigenvalue weighted by molar-refractivity contribution is 0.169. The van der Waals surface area contributed by atoms with Gasteiger partial charge in [-0.05, 0) is 31.9 Å². The Kier molecular flexibility index (Phi) is 5.19. The van der Waals surface area contributed by atoms with Gasteiger partial charge in [-0.25, -0.2) is 4.39 Å². The van der Waals surface area contributed by atoms with E-state index in [2.05, 4.69) is 16.8 Å². The number of piperazine rings is 1. The number of halogens is 2. The van der Waals surface area contributed by atoms with Gasteiger partial charge in [-0.2, -0.15) is 0 Å². The molecule has 2 rings (SSSR count). The summed E-state index contributed by atoms with van der Waals surface area (Å²) >= 11 is 6.38. The van der Waals surface area contributed by atoms with Crippen LogP contribution in [-0.2, 0) is 0 Å². The predicted molar refractivity (Wildman–Crippen MR) is 82.8 cm³/mol. The molecule has 1 aliphatic heterocycles. The van der Waals surface area contributed by atoms with Crippen LogP contribution in [0.4, 0.5) is 4.39 Å². The van der Waals surface area contributed by atoms with Crippen molar-refractivity contribution >= 4 is 11.6 Å². The van der Waals surface area contributed by atoms with Crippen molar-refractivity contribution in [2.24, 2.45) is 0 Å². The van der Waals surface area contributed by atoms with Crippen LogP contribution in [-0.4, -0.2) is 31.1 Å². The number of benzene rings is 1. The molecule has 0 aromatic heterocycles. The maximum Gasteiger partial charge on any atom is 0.129 e. The third kappa shape index (κ3) is 3.40. The summed E-state index contributed by atoms with van der Waals surface area (Å²) in [6, 6.07) is 3.22.